The molecule has 2 rings (SSSR count). The van der Waals surface area contributed by atoms with E-state index in [4.69, 9.17) is 4.74 Å². The normalized spacial score (nSPS) is 10.9. The summed E-state index contributed by atoms with van der Waals surface area (Å²) in [6, 6.07) is 8.28. The van der Waals surface area contributed by atoms with Crippen LogP contribution in [0.25, 0.3) is 0 Å². The summed E-state index contributed by atoms with van der Waals surface area (Å²) in [5.41, 5.74) is 2.22. The van der Waals surface area contributed by atoms with Crippen LogP contribution in [-0.4, -0.2) is 34.3 Å². The van der Waals surface area contributed by atoms with Gasteiger partial charge in [-0.2, -0.15) is 0 Å². The van der Waals surface area contributed by atoms with Gasteiger partial charge in [-0.15, -0.1) is 16.9 Å². The highest BCUT2D eigenvalue weighted by molar-refractivity contribution is 7.98. The van der Waals surface area contributed by atoms with Crippen molar-refractivity contribution in [1.29, 1.82) is 0 Å². The molecule has 0 amide bonds. The number of carbonyl (C=O) groups is 1. The van der Waals surface area contributed by atoms with Crippen LogP contribution < -0.4 is 0 Å². The van der Waals surface area contributed by atoms with E-state index in [1.807, 2.05) is 20.1 Å². The van der Waals surface area contributed by atoms with Gasteiger partial charge in [0.2, 0.25) is 0 Å². The number of hydrogen-bond acceptors (Lipinski definition) is 5. The summed E-state index contributed by atoms with van der Waals surface area (Å²) in [6.07, 6.45) is 2.05. The predicted octanol–water partition coefficient (Wildman–Crippen LogP) is 2.96. The largest absolute Gasteiger partial charge is 0.464 e. The van der Waals surface area contributed by atoms with Crippen molar-refractivity contribution in [1.82, 2.24) is 15.0 Å². The molecule has 0 aliphatic rings. The Morgan fingerprint density at radius 1 is 1.33 bits per heavy atom. The third-order valence-electron chi connectivity index (χ3n) is 3.19. The van der Waals surface area contributed by atoms with E-state index in [0.29, 0.717) is 12.2 Å². The maximum absolute atomic E-state index is 11.7. The fourth-order valence-electron chi connectivity index (χ4n) is 2.15. The van der Waals surface area contributed by atoms with E-state index in [-0.39, 0.29) is 5.92 Å². The minimum Gasteiger partial charge on any atom is -0.464 e. The molecule has 21 heavy (non-hydrogen) atoms. The molecule has 6 heteroatoms. The lowest BCUT2D eigenvalue weighted by atomic mass is 10.1. The van der Waals surface area contributed by atoms with Gasteiger partial charge >= 0.3 is 5.97 Å². The summed E-state index contributed by atoms with van der Waals surface area (Å²) in [6.45, 7) is 4.61. The first-order chi connectivity index (χ1) is 10.1. The van der Waals surface area contributed by atoms with Gasteiger partial charge in [-0.25, -0.2) is 9.48 Å². The van der Waals surface area contributed by atoms with Crippen molar-refractivity contribution in [3.63, 3.8) is 0 Å². The highest BCUT2D eigenvalue weighted by atomic mass is 32.2. The van der Waals surface area contributed by atoms with Gasteiger partial charge in [0.15, 0.2) is 5.69 Å². The number of benzene rings is 1. The summed E-state index contributed by atoms with van der Waals surface area (Å²) in [4.78, 5) is 13.0. The van der Waals surface area contributed by atoms with Crippen molar-refractivity contribution in [3.05, 3.63) is 41.2 Å². The monoisotopic (exact) mass is 305 g/mol. The molecule has 0 saturated carbocycles. The zero-order valence-corrected chi connectivity index (χ0v) is 13.5. The number of nitrogens with zero attached hydrogens (tertiary/aromatic N) is 3. The topological polar surface area (TPSA) is 57.0 Å². The quantitative estimate of drug-likeness (QED) is 0.628. The number of aromatic nitrogens is 3. The zero-order chi connectivity index (χ0) is 15.4. The molecule has 0 atom stereocenters. The predicted molar refractivity (Wildman–Crippen MR) is 82.8 cm³/mol. The van der Waals surface area contributed by atoms with Crippen molar-refractivity contribution in [2.45, 2.75) is 31.2 Å². The average molecular weight is 305 g/mol. The standard InChI is InChI=1S/C15H19N3O2S/c1-10(2)14-13(15(19)20-3)16-17-18(14)9-11-5-7-12(21-4)8-6-11/h5-8,10H,9H2,1-4H3. The maximum atomic E-state index is 11.7. The van der Waals surface area contributed by atoms with Gasteiger partial charge in [0.1, 0.15) is 0 Å². The Balaban J connectivity index is 2.30. The fourth-order valence-corrected chi connectivity index (χ4v) is 2.56. The molecule has 2 aromatic rings. The molecule has 0 aliphatic heterocycles. The highest BCUT2D eigenvalue weighted by Gasteiger charge is 2.22. The second kappa shape index (κ2) is 6.76. The number of esters is 1. The van der Waals surface area contributed by atoms with Crippen molar-refractivity contribution >= 4 is 17.7 Å². The van der Waals surface area contributed by atoms with Crippen LogP contribution in [0, 0.1) is 0 Å². The summed E-state index contributed by atoms with van der Waals surface area (Å²) in [7, 11) is 1.35. The molecule has 112 valence electrons. The van der Waals surface area contributed by atoms with E-state index >= 15 is 0 Å². The Hall–Kier alpha value is -1.82. The summed E-state index contributed by atoms with van der Waals surface area (Å²) in [5, 5.41) is 8.08. The first kappa shape index (κ1) is 15.6. The molecule has 1 heterocycles. The van der Waals surface area contributed by atoms with Crippen LogP contribution in [-0.2, 0) is 11.3 Å². The molecule has 0 fully saturated rings. The molecule has 5 nitrogen and oxygen atoms in total. The Morgan fingerprint density at radius 3 is 2.52 bits per heavy atom. The van der Waals surface area contributed by atoms with Crippen LogP contribution in [0.15, 0.2) is 29.2 Å². The van der Waals surface area contributed by atoms with Gasteiger partial charge in [0.25, 0.3) is 0 Å². The van der Waals surface area contributed by atoms with E-state index in [0.717, 1.165) is 11.3 Å². The minimum atomic E-state index is -0.442. The third kappa shape index (κ3) is 3.44. The van der Waals surface area contributed by atoms with Gasteiger partial charge < -0.3 is 4.74 Å². The van der Waals surface area contributed by atoms with Gasteiger partial charge in [0, 0.05) is 4.90 Å². The van der Waals surface area contributed by atoms with E-state index in [2.05, 4.69) is 34.6 Å². The van der Waals surface area contributed by atoms with Crippen LogP contribution in [0.1, 0.15) is 41.5 Å². The number of methoxy groups -OCH3 is 1. The first-order valence-electron chi connectivity index (χ1n) is 6.71. The molecule has 1 aromatic carbocycles. The Morgan fingerprint density at radius 2 is 2.00 bits per heavy atom. The van der Waals surface area contributed by atoms with Crippen molar-refractivity contribution in [3.8, 4) is 0 Å². The van der Waals surface area contributed by atoms with Gasteiger partial charge in [0.05, 0.1) is 19.3 Å². The SMILES string of the molecule is COC(=O)c1nnn(Cc2ccc(SC)cc2)c1C(C)C. The smallest absolute Gasteiger partial charge is 0.360 e. The van der Waals surface area contributed by atoms with E-state index in [1.54, 1.807) is 16.4 Å². The molecule has 0 spiro atoms. The lowest BCUT2D eigenvalue weighted by Gasteiger charge is -2.10. The second-order valence-corrected chi connectivity index (χ2v) is 5.85. The van der Waals surface area contributed by atoms with Gasteiger partial charge in [-0.1, -0.05) is 31.2 Å². The molecule has 0 bridgehead atoms. The lowest BCUT2D eigenvalue weighted by molar-refractivity contribution is 0.0592. The van der Waals surface area contributed by atoms with Crippen molar-refractivity contribution < 1.29 is 9.53 Å². The zero-order valence-electron chi connectivity index (χ0n) is 12.7. The maximum Gasteiger partial charge on any atom is 0.360 e. The van der Waals surface area contributed by atoms with E-state index in [9.17, 15) is 4.79 Å². The molecule has 0 saturated heterocycles. The Bertz CT molecular complexity index is 620. The van der Waals surface area contributed by atoms with Crippen molar-refractivity contribution in [2.24, 2.45) is 0 Å². The number of thioether (sulfide) groups is 1. The summed E-state index contributed by atoms with van der Waals surface area (Å²) < 4.78 is 6.53. The van der Waals surface area contributed by atoms with Crippen LogP contribution in [0.4, 0.5) is 0 Å². The molecular formula is C15H19N3O2S. The molecule has 0 aliphatic carbocycles. The Labute approximate surface area is 128 Å². The van der Waals surface area contributed by atoms with Crippen LogP contribution in [0.3, 0.4) is 0 Å². The number of carbonyl (C=O) groups excluding carboxylic acids is 1. The summed E-state index contributed by atoms with van der Waals surface area (Å²) in [5.74, 6) is -0.303. The van der Waals surface area contributed by atoms with Crippen LogP contribution in [0.2, 0.25) is 0 Å². The van der Waals surface area contributed by atoms with E-state index in [1.165, 1.54) is 12.0 Å². The Kier molecular flexibility index (Phi) is 5.01. The number of hydrogen-bond donors (Lipinski definition) is 0. The van der Waals surface area contributed by atoms with Gasteiger partial charge in [-0.3, -0.25) is 0 Å². The highest BCUT2D eigenvalue weighted by Crippen LogP contribution is 2.20. The molecule has 1 aromatic heterocycles. The molecule has 0 unspecified atom stereocenters. The van der Waals surface area contributed by atoms with Crippen LogP contribution >= 0.6 is 11.8 Å². The van der Waals surface area contributed by atoms with E-state index < -0.39 is 5.97 Å². The molecule has 0 radical (unpaired) electrons. The molecular weight excluding hydrogens is 286 g/mol. The number of rotatable bonds is 5. The fraction of sp³-hybridized carbons (Fsp3) is 0.400. The first-order valence-corrected chi connectivity index (χ1v) is 7.94. The number of ether oxygens (including phenoxy) is 1. The van der Waals surface area contributed by atoms with Crippen LogP contribution in [0.5, 0.6) is 0 Å². The third-order valence-corrected chi connectivity index (χ3v) is 3.93. The average Bonchev–Trinajstić information content (AvgIpc) is 2.91. The van der Waals surface area contributed by atoms with Crippen molar-refractivity contribution in [2.75, 3.05) is 13.4 Å². The second-order valence-electron chi connectivity index (χ2n) is 4.98. The van der Waals surface area contributed by atoms with Gasteiger partial charge in [-0.05, 0) is 29.9 Å². The minimum absolute atomic E-state index is 0.138. The summed E-state index contributed by atoms with van der Waals surface area (Å²) >= 11 is 1.71. The molecule has 0 N–H and O–H groups in total. The lowest BCUT2D eigenvalue weighted by Crippen LogP contribution is -2.11.